The standard InChI is InChI=1S/C7H14N2O4.2ClH/c1-3(5(9)7(12)13)2-4(8)6(10)11;;/h3-5H,2,8-9H2,1H3,(H,10,11)(H,12,13);2*1H. The molecule has 0 spiro atoms. The van der Waals surface area contributed by atoms with E-state index in [9.17, 15) is 9.59 Å². The second-order valence-corrected chi connectivity index (χ2v) is 3.02. The van der Waals surface area contributed by atoms with Crippen LogP contribution >= 0.6 is 24.8 Å². The lowest BCUT2D eigenvalue weighted by Crippen LogP contribution is -2.41. The number of aliphatic carboxylic acids is 2. The van der Waals surface area contributed by atoms with Crippen LogP contribution in [0.4, 0.5) is 0 Å². The lowest BCUT2D eigenvalue weighted by molar-refractivity contribution is -0.142. The van der Waals surface area contributed by atoms with Gasteiger partial charge in [0, 0.05) is 0 Å². The predicted molar refractivity (Wildman–Crippen MR) is 59.5 cm³/mol. The lowest BCUT2D eigenvalue weighted by Gasteiger charge is -2.17. The number of hydrogen-bond donors (Lipinski definition) is 4. The second kappa shape index (κ2) is 8.72. The summed E-state index contributed by atoms with van der Waals surface area (Å²) in [5.41, 5.74) is 10.5. The normalized spacial score (nSPS) is 15.1. The molecule has 0 rings (SSSR count). The summed E-state index contributed by atoms with van der Waals surface area (Å²) in [7, 11) is 0. The van der Waals surface area contributed by atoms with Crippen LogP contribution in [0.1, 0.15) is 13.3 Å². The van der Waals surface area contributed by atoms with Crippen molar-refractivity contribution in [1.82, 2.24) is 0 Å². The van der Waals surface area contributed by atoms with E-state index in [1.165, 1.54) is 0 Å². The summed E-state index contributed by atoms with van der Waals surface area (Å²) in [6.07, 6.45) is 0.0583. The number of rotatable bonds is 5. The molecular formula is C7H16Cl2N2O4. The van der Waals surface area contributed by atoms with Gasteiger partial charge in [-0.25, -0.2) is 0 Å². The first-order valence-corrected chi connectivity index (χ1v) is 3.83. The van der Waals surface area contributed by atoms with Gasteiger partial charge in [0.2, 0.25) is 0 Å². The Balaban J connectivity index is -0.000000720. The largest absolute Gasteiger partial charge is 0.480 e. The van der Waals surface area contributed by atoms with Gasteiger partial charge in [0.05, 0.1) is 0 Å². The molecule has 6 nitrogen and oxygen atoms in total. The van der Waals surface area contributed by atoms with Crippen molar-refractivity contribution in [3.8, 4) is 0 Å². The third-order valence-corrected chi connectivity index (χ3v) is 1.84. The molecule has 6 N–H and O–H groups in total. The molecule has 0 radical (unpaired) electrons. The number of carbonyl (C=O) groups is 2. The Kier molecular flexibility index (Phi) is 11.6. The SMILES string of the molecule is CC(CC(N)C(=O)O)C(N)C(=O)O.Cl.Cl. The Morgan fingerprint density at radius 1 is 1.13 bits per heavy atom. The highest BCUT2D eigenvalue weighted by atomic mass is 35.5. The van der Waals surface area contributed by atoms with Gasteiger partial charge in [-0.2, -0.15) is 0 Å². The molecule has 3 unspecified atom stereocenters. The Labute approximate surface area is 99.8 Å². The summed E-state index contributed by atoms with van der Waals surface area (Å²) in [6, 6.07) is -2.12. The van der Waals surface area contributed by atoms with Crippen molar-refractivity contribution >= 4 is 36.8 Å². The van der Waals surface area contributed by atoms with Crippen LogP contribution in [0.2, 0.25) is 0 Å². The molecule has 15 heavy (non-hydrogen) atoms. The van der Waals surface area contributed by atoms with Crippen molar-refractivity contribution in [2.75, 3.05) is 0 Å². The number of halogens is 2. The van der Waals surface area contributed by atoms with Crippen LogP contribution in [0.3, 0.4) is 0 Å². The summed E-state index contributed by atoms with van der Waals surface area (Å²) < 4.78 is 0. The molecule has 0 aromatic rings. The van der Waals surface area contributed by atoms with Crippen molar-refractivity contribution in [2.24, 2.45) is 17.4 Å². The number of hydrogen-bond acceptors (Lipinski definition) is 4. The van der Waals surface area contributed by atoms with Gasteiger partial charge in [0.25, 0.3) is 0 Å². The average molecular weight is 263 g/mol. The van der Waals surface area contributed by atoms with Gasteiger partial charge >= 0.3 is 11.9 Å². The minimum absolute atomic E-state index is 0. The molecule has 0 fully saturated rings. The second-order valence-electron chi connectivity index (χ2n) is 3.02. The first-order valence-electron chi connectivity index (χ1n) is 3.83. The fraction of sp³-hybridized carbons (Fsp3) is 0.714. The summed E-state index contributed by atoms with van der Waals surface area (Å²) in [5.74, 6) is -2.75. The Morgan fingerprint density at radius 2 is 1.53 bits per heavy atom. The zero-order valence-electron chi connectivity index (χ0n) is 8.12. The molecule has 0 amide bonds. The summed E-state index contributed by atoms with van der Waals surface area (Å²) in [4.78, 5) is 20.7. The summed E-state index contributed by atoms with van der Waals surface area (Å²) in [5, 5.41) is 16.9. The van der Waals surface area contributed by atoms with E-state index in [0.717, 1.165) is 0 Å². The fourth-order valence-corrected chi connectivity index (χ4v) is 0.891. The Morgan fingerprint density at radius 3 is 1.80 bits per heavy atom. The van der Waals surface area contributed by atoms with E-state index >= 15 is 0 Å². The van der Waals surface area contributed by atoms with Crippen LogP contribution in [-0.4, -0.2) is 34.2 Å². The van der Waals surface area contributed by atoms with Gasteiger partial charge in [-0.3, -0.25) is 9.59 Å². The third kappa shape index (κ3) is 7.38. The average Bonchev–Trinajstić information content (AvgIpc) is 2.02. The van der Waals surface area contributed by atoms with E-state index in [-0.39, 0.29) is 31.2 Å². The molecule has 92 valence electrons. The van der Waals surface area contributed by atoms with Crippen LogP contribution in [0.15, 0.2) is 0 Å². The van der Waals surface area contributed by atoms with E-state index < -0.39 is 29.9 Å². The molecule has 0 aromatic carbocycles. The van der Waals surface area contributed by atoms with E-state index in [2.05, 4.69) is 0 Å². The maximum absolute atomic E-state index is 10.4. The monoisotopic (exact) mass is 262 g/mol. The number of carboxylic acids is 2. The van der Waals surface area contributed by atoms with Crippen LogP contribution in [0.5, 0.6) is 0 Å². The van der Waals surface area contributed by atoms with Crippen LogP contribution in [0, 0.1) is 5.92 Å². The Hall–Kier alpha value is -0.560. The quantitative estimate of drug-likeness (QED) is 0.538. The van der Waals surface area contributed by atoms with Crippen LogP contribution in [0.25, 0.3) is 0 Å². The zero-order valence-corrected chi connectivity index (χ0v) is 9.75. The molecule has 0 aromatic heterocycles. The highest BCUT2D eigenvalue weighted by Gasteiger charge is 2.24. The zero-order chi connectivity index (χ0) is 10.6. The molecule has 0 aliphatic rings. The van der Waals surface area contributed by atoms with E-state index in [4.69, 9.17) is 21.7 Å². The fourth-order valence-electron chi connectivity index (χ4n) is 0.891. The van der Waals surface area contributed by atoms with Gasteiger partial charge in [-0.15, -0.1) is 24.8 Å². The molecule has 0 saturated carbocycles. The van der Waals surface area contributed by atoms with Gasteiger partial charge in [0.15, 0.2) is 0 Å². The molecule has 3 atom stereocenters. The van der Waals surface area contributed by atoms with E-state index in [1.54, 1.807) is 6.92 Å². The molecule has 0 heterocycles. The lowest BCUT2D eigenvalue weighted by atomic mass is 9.95. The van der Waals surface area contributed by atoms with Gasteiger partial charge in [-0.1, -0.05) is 6.92 Å². The maximum Gasteiger partial charge on any atom is 0.320 e. The topological polar surface area (TPSA) is 127 Å². The minimum Gasteiger partial charge on any atom is -0.480 e. The van der Waals surface area contributed by atoms with Gasteiger partial charge in [-0.05, 0) is 12.3 Å². The van der Waals surface area contributed by atoms with Gasteiger partial charge in [0.1, 0.15) is 12.1 Å². The number of carboxylic acid groups (broad SMARTS) is 2. The maximum atomic E-state index is 10.4. The smallest absolute Gasteiger partial charge is 0.320 e. The van der Waals surface area contributed by atoms with Gasteiger partial charge < -0.3 is 21.7 Å². The summed E-state index contributed by atoms with van der Waals surface area (Å²) in [6.45, 7) is 1.56. The van der Waals surface area contributed by atoms with E-state index in [0.29, 0.717) is 0 Å². The highest BCUT2D eigenvalue weighted by molar-refractivity contribution is 5.85. The molecule has 0 bridgehead atoms. The van der Waals surface area contributed by atoms with Crippen molar-refractivity contribution < 1.29 is 19.8 Å². The highest BCUT2D eigenvalue weighted by Crippen LogP contribution is 2.08. The van der Waals surface area contributed by atoms with Crippen molar-refractivity contribution in [2.45, 2.75) is 25.4 Å². The molecule has 0 saturated heterocycles. The molecule has 8 heteroatoms. The minimum atomic E-state index is -1.15. The van der Waals surface area contributed by atoms with Crippen molar-refractivity contribution in [1.29, 1.82) is 0 Å². The first kappa shape index (κ1) is 19.9. The van der Waals surface area contributed by atoms with Crippen LogP contribution in [-0.2, 0) is 9.59 Å². The third-order valence-electron chi connectivity index (χ3n) is 1.84. The van der Waals surface area contributed by atoms with Crippen LogP contribution < -0.4 is 11.5 Å². The van der Waals surface area contributed by atoms with E-state index in [1.807, 2.05) is 0 Å². The Bertz CT molecular complexity index is 215. The summed E-state index contributed by atoms with van der Waals surface area (Å²) >= 11 is 0. The first-order chi connectivity index (χ1) is 5.86. The van der Waals surface area contributed by atoms with Crippen molar-refractivity contribution in [3.05, 3.63) is 0 Å². The molecule has 0 aliphatic carbocycles. The molecule has 0 aliphatic heterocycles. The molecular weight excluding hydrogens is 247 g/mol. The predicted octanol–water partition coefficient (Wildman–Crippen LogP) is -0.320. The van der Waals surface area contributed by atoms with Crippen molar-refractivity contribution in [3.63, 3.8) is 0 Å². The number of nitrogens with two attached hydrogens (primary N) is 2.